The number of carboxylic acids is 1. The lowest BCUT2D eigenvalue weighted by Crippen LogP contribution is -2.62. The molecule has 0 saturated heterocycles. The monoisotopic (exact) mass is 445 g/mol. The molecule has 6 heteroatoms. The van der Waals surface area contributed by atoms with E-state index in [1.54, 1.807) is 0 Å². The van der Waals surface area contributed by atoms with Gasteiger partial charge in [-0.25, -0.2) is 0 Å². The van der Waals surface area contributed by atoms with Gasteiger partial charge in [0.05, 0.1) is 6.10 Å². The Balaban J connectivity index is 1.61. The SMILES string of the molecule is CC[C@H]1[C@@H](O)[C@@H]2[C@H](CC[C@]3(C)[C@@H](C(C)CCC(=O)O)CC[C@@H]23)[C@@]2(C)CCC(N=[N+]=[N-])C[C@@H]12. The van der Waals surface area contributed by atoms with E-state index in [0.717, 1.165) is 32.1 Å². The van der Waals surface area contributed by atoms with Crippen LogP contribution >= 0.6 is 0 Å². The summed E-state index contributed by atoms with van der Waals surface area (Å²) in [4.78, 5) is 14.3. The molecule has 6 nitrogen and oxygen atoms in total. The first kappa shape index (κ1) is 23.9. The minimum absolute atomic E-state index is 0.0793. The number of fused-ring (bicyclic) bond motifs is 5. The van der Waals surface area contributed by atoms with Crippen molar-refractivity contribution in [3.05, 3.63) is 10.4 Å². The molecule has 32 heavy (non-hydrogen) atoms. The Hall–Kier alpha value is -1.26. The fourth-order valence-corrected chi connectivity index (χ4v) is 9.66. The van der Waals surface area contributed by atoms with Crippen molar-refractivity contribution in [2.45, 2.75) is 104 Å². The maximum atomic E-state index is 11.8. The normalized spacial score (nSPS) is 48.7. The fraction of sp³-hybridized carbons (Fsp3) is 0.962. The second-order valence-corrected chi connectivity index (χ2v) is 12.2. The summed E-state index contributed by atoms with van der Waals surface area (Å²) in [5, 5.41) is 25.1. The molecule has 0 radical (unpaired) electrons. The van der Waals surface area contributed by atoms with Crippen molar-refractivity contribution in [2.75, 3.05) is 0 Å². The third-order valence-electron chi connectivity index (χ3n) is 11.2. The minimum atomic E-state index is -0.691. The Kier molecular flexibility index (Phi) is 6.59. The third-order valence-corrected chi connectivity index (χ3v) is 11.2. The molecule has 4 aliphatic carbocycles. The highest BCUT2D eigenvalue weighted by atomic mass is 16.4. The van der Waals surface area contributed by atoms with Crippen molar-refractivity contribution in [3.63, 3.8) is 0 Å². The number of carboxylic acid groups (broad SMARTS) is 1. The summed E-state index contributed by atoms with van der Waals surface area (Å²) < 4.78 is 0. The number of aliphatic carboxylic acids is 1. The van der Waals surface area contributed by atoms with Crippen LogP contribution < -0.4 is 0 Å². The lowest BCUT2D eigenvalue weighted by atomic mass is 9.41. The van der Waals surface area contributed by atoms with Crippen molar-refractivity contribution < 1.29 is 15.0 Å². The molecule has 0 aliphatic heterocycles. The number of carbonyl (C=O) groups is 1. The van der Waals surface area contributed by atoms with Gasteiger partial charge >= 0.3 is 5.97 Å². The number of rotatable bonds is 6. The van der Waals surface area contributed by atoms with E-state index >= 15 is 0 Å². The van der Waals surface area contributed by atoms with E-state index < -0.39 is 5.97 Å². The predicted molar refractivity (Wildman–Crippen MR) is 125 cm³/mol. The minimum Gasteiger partial charge on any atom is -0.481 e. The van der Waals surface area contributed by atoms with E-state index in [1.165, 1.54) is 25.7 Å². The summed E-state index contributed by atoms with van der Waals surface area (Å²) in [6.45, 7) is 9.43. The molecule has 180 valence electrons. The van der Waals surface area contributed by atoms with Crippen LogP contribution in [0.25, 0.3) is 10.4 Å². The van der Waals surface area contributed by atoms with Gasteiger partial charge < -0.3 is 10.2 Å². The van der Waals surface area contributed by atoms with Gasteiger partial charge in [0.1, 0.15) is 0 Å². The van der Waals surface area contributed by atoms with Gasteiger partial charge in [0.25, 0.3) is 0 Å². The summed E-state index contributed by atoms with van der Waals surface area (Å²) >= 11 is 0. The summed E-state index contributed by atoms with van der Waals surface area (Å²) in [5.74, 6) is 2.44. The Morgan fingerprint density at radius 3 is 2.47 bits per heavy atom. The molecule has 0 aromatic rings. The van der Waals surface area contributed by atoms with Crippen molar-refractivity contribution >= 4 is 5.97 Å². The van der Waals surface area contributed by atoms with Crippen LogP contribution in [0.15, 0.2) is 5.11 Å². The van der Waals surface area contributed by atoms with Gasteiger partial charge in [0.15, 0.2) is 0 Å². The van der Waals surface area contributed by atoms with Crippen LogP contribution in [0.3, 0.4) is 0 Å². The number of hydrogen-bond acceptors (Lipinski definition) is 3. The Morgan fingerprint density at radius 1 is 1.12 bits per heavy atom. The molecular formula is C26H43N3O3. The van der Waals surface area contributed by atoms with E-state index in [2.05, 4.69) is 37.7 Å². The topological polar surface area (TPSA) is 106 Å². The number of nitrogens with zero attached hydrogens (tertiary/aromatic N) is 3. The van der Waals surface area contributed by atoms with Crippen LogP contribution in [0.2, 0.25) is 0 Å². The van der Waals surface area contributed by atoms with Gasteiger partial charge in [-0.1, -0.05) is 39.2 Å². The Labute approximate surface area is 193 Å². The molecule has 0 heterocycles. The quantitative estimate of drug-likeness (QED) is 0.279. The number of aliphatic hydroxyl groups excluding tert-OH is 1. The van der Waals surface area contributed by atoms with Gasteiger partial charge in [0.2, 0.25) is 0 Å². The molecule has 4 aliphatic rings. The molecular weight excluding hydrogens is 402 g/mol. The van der Waals surface area contributed by atoms with Crippen molar-refractivity contribution in [1.82, 2.24) is 0 Å². The third kappa shape index (κ3) is 3.66. The maximum Gasteiger partial charge on any atom is 0.303 e. The predicted octanol–water partition coefficient (Wildman–Crippen LogP) is 6.43. The highest BCUT2D eigenvalue weighted by molar-refractivity contribution is 5.66. The first-order valence-electron chi connectivity index (χ1n) is 13.1. The number of aliphatic hydroxyl groups is 1. The summed E-state index contributed by atoms with van der Waals surface area (Å²) in [5.41, 5.74) is 9.42. The molecule has 0 aromatic carbocycles. The van der Waals surface area contributed by atoms with E-state index in [1.807, 2.05) is 0 Å². The molecule has 4 rings (SSSR count). The Morgan fingerprint density at radius 2 is 1.81 bits per heavy atom. The molecule has 0 aromatic heterocycles. The molecule has 0 amide bonds. The average molecular weight is 446 g/mol. The summed E-state index contributed by atoms with van der Waals surface area (Å²) in [6, 6.07) is 0.0793. The smallest absolute Gasteiger partial charge is 0.303 e. The lowest BCUT2D eigenvalue weighted by molar-refractivity contribution is -0.195. The fourth-order valence-electron chi connectivity index (χ4n) is 9.66. The number of azide groups is 1. The molecule has 2 unspecified atom stereocenters. The van der Waals surface area contributed by atoms with Crippen LogP contribution in [0, 0.1) is 52.3 Å². The summed E-state index contributed by atoms with van der Waals surface area (Å²) in [6.07, 6.45) is 9.46. The second-order valence-electron chi connectivity index (χ2n) is 12.2. The van der Waals surface area contributed by atoms with Crippen LogP contribution in [0.4, 0.5) is 0 Å². The molecule has 11 atom stereocenters. The van der Waals surface area contributed by atoms with Crippen LogP contribution in [0.5, 0.6) is 0 Å². The van der Waals surface area contributed by atoms with E-state index in [9.17, 15) is 15.0 Å². The van der Waals surface area contributed by atoms with Crippen LogP contribution in [-0.2, 0) is 4.79 Å². The first-order valence-corrected chi connectivity index (χ1v) is 13.1. The Bertz CT molecular complexity index is 767. The van der Waals surface area contributed by atoms with Crippen LogP contribution in [0.1, 0.15) is 91.9 Å². The zero-order valence-electron chi connectivity index (χ0n) is 20.4. The van der Waals surface area contributed by atoms with E-state index in [-0.39, 0.29) is 35.3 Å². The molecule has 0 spiro atoms. The van der Waals surface area contributed by atoms with E-state index in [0.29, 0.717) is 35.5 Å². The van der Waals surface area contributed by atoms with Gasteiger partial charge in [-0.2, -0.15) is 0 Å². The van der Waals surface area contributed by atoms with Crippen molar-refractivity contribution in [3.8, 4) is 0 Å². The van der Waals surface area contributed by atoms with Gasteiger partial charge in [-0.3, -0.25) is 4.79 Å². The van der Waals surface area contributed by atoms with Crippen molar-refractivity contribution in [2.24, 2.45) is 57.4 Å². The zero-order valence-corrected chi connectivity index (χ0v) is 20.4. The lowest BCUT2D eigenvalue weighted by Gasteiger charge is -2.65. The first-order chi connectivity index (χ1) is 15.2. The standard InChI is InChI=1S/C26H43N3O3/c1-5-17-21-14-16(28-29-27)10-12-26(21,4)20-11-13-25(3)18(15(2)6-9-22(30)31)7-8-19(25)23(20)24(17)32/h15-21,23-24,32H,5-14H2,1-4H3,(H,30,31)/t15?,16?,17-,18-,19+,20+,21+,23+,24-,25-,26-/m1/s1. The average Bonchev–Trinajstić information content (AvgIpc) is 3.10. The summed E-state index contributed by atoms with van der Waals surface area (Å²) in [7, 11) is 0. The van der Waals surface area contributed by atoms with E-state index in [4.69, 9.17) is 5.53 Å². The zero-order chi connectivity index (χ0) is 23.3. The van der Waals surface area contributed by atoms with Gasteiger partial charge in [-0.15, -0.1) is 0 Å². The second kappa shape index (κ2) is 8.83. The van der Waals surface area contributed by atoms with Gasteiger partial charge in [-0.05, 0) is 109 Å². The van der Waals surface area contributed by atoms with Crippen molar-refractivity contribution in [1.29, 1.82) is 0 Å². The van der Waals surface area contributed by atoms with Gasteiger partial charge in [0, 0.05) is 17.4 Å². The molecule has 4 fully saturated rings. The largest absolute Gasteiger partial charge is 0.481 e. The number of hydrogen-bond donors (Lipinski definition) is 2. The maximum absolute atomic E-state index is 11.8. The molecule has 4 saturated carbocycles. The van der Waals surface area contributed by atoms with Crippen LogP contribution in [-0.4, -0.2) is 28.3 Å². The molecule has 2 N–H and O–H groups in total. The highest BCUT2D eigenvalue weighted by Crippen LogP contribution is 2.69. The highest BCUT2D eigenvalue weighted by Gasteiger charge is 2.64. The molecule has 0 bridgehead atoms.